The Bertz CT molecular complexity index is 1130. The largest absolute Gasteiger partial charge is 0.334 e. The van der Waals surface area contributed by atoms with Crippen molar-refractivity contribution in [3.8, 4) is 23.0 Å². The molecule has 0 unspecified atom stereocenters. The quantitative estimate of drug-likeness (QED) is 0.502. The van der Waals surface area contributed by atoms with Crippen LogP contribution in [0.25, 0.3) is 23.0 Å². The minimum atomic E-state index is -0.157. The summed E-state index contributed by atoms with van der Waals surface area (Å²) < 4.78 is 7.95. The van der Waals surface area contributed by atoms with Crippen molar-refractivity contribution in [3.63, 3.8) is 0 Å². The molecular weight excluding hydrogens is 422 g/mol. The molecule has 8 heteroatoms. The number of hydrogen-bond donors (Lipinski definition) is 1. The van der Waals surface area contributed by atoms with Crippen LogP contribution >= 0.6 is 15.9 Å². The number of carbonyl (C=O) groups excluding carboxylic acids is 1. The fourth-order valence-electron chi connectivity index (χ4n) is 2.74. The zero-order valence-corrected chi connectivity index (χ0v) is 16.5. The molecule has 0 fully saturated rings. The Labute approximate surface area is 169 Å². The summed E-state index contributed by atoms with van der Waals surface area (Å²) in [4.78, 5) is 20.9. The van der Waals surface area contributed by atoms with Crippen molar-refractivity contribution in [1.29, 1.82) is 0 Å². The number of nitrogens with zero attached hydrogens (tertiary/aromatic N) is 4. The van der Waals surface area contributed by atoms with E-state index in [0.717, 1.165) is 21.3 Å². The first-order chi connectivity index (χ1) is 13.6. The van der Waals surface area contributed by atoms with E-state index in [9.17, 15) is 4.79 Å². The SMILES string of the molecule is Cc1ccccc1-c1nc(-c2cn(CC(=O)Nc3cccc(Br)c3)cn2)no1. The van der Waals surface area contributed by atoms with Gasteiger partial charge in [-0.3, -0.25) is 4.79 Å². The fourth-order valence-corrected chi connectivity index (χ4v) is 3.14. The van der Waals surface area contributed by atoms with Crippen LogP contribution in [0.4, 0.5) is 5.69 Å². The summed E-state index contributed by atoms with van der Waals surface area (Å²) in [5.41, 5.74) is 3.20. The van der Waals surface area contributed by atoms with E-state index < -0.39 is 0 Å². The molecule has 0 saturated heterocycles. The Balaban J connectivity index is 1.46. The topological polar surface area (TPSA) is 85.8 Å². The lowest BCUT2D eigenvalue weighted by atomic mass is 10.1. The smallest absolute Gasteiger partial charge is 0.258 e. The van der Waals surface area contributed by atoms with Crippen molar-refractivity contribution in [3.05, 3.63) is 71.1 Å². The van der Waals surface area contributed by atoms with E-state index in [0.29, 0.717) is 17.4 Å². The maximum atomic E-state index is 12.2. The van der Waals surface area contributed by atoms with Gasteiger partial charge in [0, 0.05) is 21.9 Å². The molecule has 140 valence electrons. The molecule has 28 heavy (non-hydrogen) atoms. The summed E-state index contributed by atoms with van der Waals surface area (Å²) in [5, 5.41) is 6.85. The van der Waals surface area contributed by atoms with E-state index in [1.54, 1.807) is 17.1 Å². The first-order valence-electron chi connectivity index (χ1n) is 8.56. The van der Waals surface area contributed by atoms with E-state index >= 15 is 0 Å². The van der Waals surface area contributed by atoms with Gasteiger partial charge >= 0.3 is 0 Å². The Morgan fingerprint density at radius 1 is 1.21 bits per heavy atom. The highest BCUT2D eigenvalue weighted by molar-refractivity contribution is 9.10. The average Bonchev–Trinajstić information content (AvgIpc) is 3.31. The molecule has 0 aliphatic carbocycles. The first-order valence-corrected chi connectivity index (χ1v) is 9.35. The number of aromatic nitrogens is 4. The molecule has 0 radical (unpaired) electrons. The van der Waals surface area contributed by atoms with E-state index in [4.69, 9.17) is 4.52 Å². The Morgan fingerprint density at radius 2 is 2.07 bits per heavy atom. The summed E-state index contributed by atoms with van der Waals surface area (Å²) in [6.07, 6.45) is 3.28. The maximum absolute atomic E-state index is 12.2. The molecule has 1 amide bonds. The van der Waals surface area contributed by atoms with Crippen molar-refractivity contribution in [2.75, 3.05) is 5.32 Å². The number of anilines is 1. The number of imidazole rings is 1. The van der Waals surface area contributed by atoms with Gasteiger partial charge in [0.05, 0.1) is 6.33 Å². The van der Waals surface area contributed by atoms with Crippen LogP contribution in [-0.2, 0) is 11.3 Å². The lowest BCUT2D eigenvalue weighted by Crippen LogP contribution is -2.17. The van der Waals surface area contributed by atoms with E-state index in [-0.39, 0.29) is 12.5 Å². The molecule has 2 aromatic heterocycles. The van der Waals surface area contributed by atoms with Crippen molar-refractivity contribution in [2.24, 2.45) is 0 Å². The van der Waals surface area contributed by atoms with Gasteiger partial charge in [0.2, 0.25) is 11.7 Å². The number of halogens is 1. The van der Waals surface area contributed by atoms with E-state index in [1.165, 1.54) is 0 Å². The highest BCUT2D eigenvalue weighted by atomic mass is 79.9. The van der Waals surface area contributed by atoms with Gasteiger partial charge in [0.15, 0.2) is 0 Å². The Kier molecular flexibility index (Phi) is 5.03. The van der Waals surface area contributed by atoms with Gasteiger partial charge < -0.3 is 14.4 Å². The number of amides is 1. The molecule has 2 heterocycles. The number of aryl methyl sites for hydroxylation is 1. The average molecular weight is 438 g/mol. The number of benzene rings is 2. The number of hydrogen-bond acceptors (Lipinski definition) is 5. The first kappa shape index (κ1) is 18.1. The molecule has 7 nitrogen and oxygen atoms in total. The van der Waals surface area contributed by atoms with Gasteiger partial charge in [-0.05, 0) is 36.8 Å². The van der Waals surface area contributed by atoms with Crippen LogP contribution in [0.3, 0.4) is 0 Å². The normalized spacial score (nSPS) is 10.8. The molecule has 0 saturated carbocycles. The molecule has 0 atom stereocenters. The predicted molar refractivity (Wildman–Crippen MR) is 108 cm³/mol. The number of carbonyl (C=O) groups is 1. The van der Waals surface area contributed by atoms with E-state index in [2.05, 4.69) is 36.4 Å². The number of rotatable bonds is 5. The molecule has 2 aromatic carbocycles. The molecule has 0 spiro atoms. The van der Waals surface area contributed by atoms with Crippen LogP contribution < -0.4 is 5.32 Å². The van der Waals surface area contributed by atoms with Crippen LogP contribution in [0, 0.1) is 6.92 Å². The summed E-state index contributed by atoms with van der Waals surface area (Å²) in [6.45, 7) is 2.11. The van der Waals surface area contributed by atoms with E-state index in [1.807, 2.05) is 55.5 Å². The second kappa shape index (κ2) is 7.77. The summed E-state index contributed by atoms with van der Waals surface area (Å²) in [7, 11) is 0. The van der Waals surface area contributed by atoms with Crippen LogP contribution in [0.15, 0.2) is 70.1 Å². The standard InChI is InChI=1S/C20H16BrN5O2/c1-13-5-2-3-8-16(13)20-24-19(25-28-20)17-10-26(12-22-17)11-18(27)23-15-7-4-6-14(21)9-15/h2-10,12H,11H2,1H3,(H,23,27). The highest BCUT2D eigenvalue weighted by Crippen LogP contribution is 2.24. The van der Waals surface area contributed by atoms with Crippen molar-refractivity contribution in [1.82, 2.24) is 19.7 Å². The minimum absolute atomic E-state index is 0.127. The molecule has 4 rings (SSSR count). The van der Waals surface area contributed by atoms with Crippen LogP contribution in [0.5, 0.6) is 0 Å². The molecular formula is C20H16BrN5O2. The maximum Gasteiger partial charge on any atom is 0.258 e. The third-order valence-electron chi connectivity index (χ3n) is 4.10. The highest BCUT2D eigenvalue weighted by Gasteiger charge is 2.15. The van der Waals surface area contributed by atoms with Crippen LogP contribution in [-0.4, -0.2) is 25.6 Å². The van der Waals surface area contributed by atoms with Crippen molar-refractivity contribution < 1.29 is 9.32 Å². The molecule has 0 aliphatic rings. The monoisotopic (exact) mass is 437 g/mol. The second-order valence-electron chi connectivity index (χ2n) is 6.23. The second-order valence-corrected chi connectivity index (χ2v) is 7.14. The van der Waals surface area contributed by atoms with Crippen LogP contribution in [0.2, 0.25) is 0 Å². The Hall–Kier alpha value is -3.26. The van der Waals surface area contributed by atoms with Gasteiger partial charge in [-0.1, -0.05) is 45.4 Å². The lowest BCUT2D eigenvalue weighted by Gasteiger charge is -2.05. The summed E-state index contributed by atoms with van der Waals surface area (Å²) >= 11 is 3.38. The fraction of sp³-hybridized carbons (Fsp3) is 0.100. The Morgan fingerprint density at radius 3 is 2.89 bits per heavy atom. The van der Waals surface area contributed by atoms with Gasteiger partial charge in [0.25, 0.3) is 5.89 Å². The van der Waals surface area contributed by atoms with Crippen molar-refractivity contribution in [2.45, 2.75) is 13.5 Å². The number of nitrogens with one attached hydrogen (secondary N) is 1. The third kappa shape index (κ3) is 4.01. The third-order valence-corrected chi connectivity index (χ3v) is 4.59. The van der Waals surface area contributed by atoms with Gasteiger partial charge in [-0.25, -0.2) is 4.98 Å². The van der Waals surface area contributed by atoms with Gasteiger partial charge in [-0.2, -0.15) is 4.98 Å². The summed E-state index contributed by atoms with van der Waals surface area (Å²) in [6, 6.07) is 15.2. The van der Waals surface area contributed by atoms with Crippen molar-refractivity contribution >= 4 is 27.5 Å². The van der Waals surface area contributed by atoms with Crippen LogP contribution in [0.1, 0.15) is 5.56 Å². The minimum Gasteiger partial charge on any atom is -0.334 e. The molecule has 0 bridgehead atoms. The zero-order valence-electron chi connectivity index (χ0n) is 15.0. The lowest BCUT2D eigenvalue weighted by molar-refractivity contribution is -0.116. The predicted octanol–water partition coefficient (Wildman–Crippen LogP) is 4.31. The van der Waals surface area contributed by atoms with Gasteiger partial charge in [-0.15, -0.1) is 0 Å². The summed E-state index contributed by atoms with van der Waals surface area (Å²) in [5.74, 6) is 0.662. The zero-order chi connectivity index (χ0) is 19.5. The molecule has 1 N–H and O–H groups in total. The molecule has 0 aliphatic heterocycles. The molecule has 4 aromatic rings. The van der Waals surface area contributed by atoms with Gasteiger partial charge in [0.1, 0.15) is 12.2 Å².